The van der Waals surface area contributed by atoms with Crippen LogP contribution in [0, 0.1) is 51.2 Å². The molecule has 0 aromatic carbocycles. The molecule has 5 rings (SSSR count). The average molecular weight is 583 g/mol. The first-order valence-corrected chi connectivity index (χ1v) is 17.8. The van der Waals surface area contributed by atoms with Crippen molar-refractivity contribution in [1.29, 1.82) is 0 Å². The Morgan fingerprint density at radius 2 is 1.48 bits per heavy atom. The number of allylic oxidation sites excluding steroid dienone is 1. The summed E-state index contributed by atoms with van der Waals surface area (Å²) in [6.07, 6.45) is 18.0. The lowest BCUT2D eigenvalue weighted by Gasteiger charge is -2.71. The van der Waals surface area contributed by atoms with Crippen LogP contribution in [0.25, 0.3) is 0 Å². The zero-order valence-corrected chi connectivity index (χ0v) is 27.7. The van der Waals surface area contributed by atoms with Crippen LogP contribution in [0.3, 0.4) is 0 Å². The molecule has 5 heteroatoms. The molecule has 0 spiro atoms. The number of nitrogens with one attached hydrogen (secondary N) is 2. The summed E-state index contributed by atoms with van der Waals surface area (Å²) in [5.74, 6) is 3.24. The van der Waals surface area contributed by atoms with Gasteiger partial charge in [0, 0.05) is 20.0 Å². The molecule has 0 aromatic rings. The number of aliphatic hydroxyl groups excluding tert-OH is 1. The number of hydrogen-bond donors (Lipinski definition) is 3. The summed E-state index contributed by atoms with van der Waals surface area (Å²) in [6.45, 7) is 17.7. The number of aliphatic hydroxyl groups is 1. The van der Waals surface area contributed by atoms with E-state index in [1.165, 1.54) is 44.1 Å². The number of unbranched alkanes of at least 4 members (excludes halogenated alkanes) is 4. The SMILES string of the molecule is C=C(C)[C@@H]1CC[C@]2(C(=O)NCCCCCCCNC(C)=O)CC[C@]3(C)[C@H](CC[C@@H]4[C@@]5(C)CC[C@H](O)C[C@@H]5CC[C@]43C)C12. The molecule has 238 valence electrons. The Balaban J connectivity index is 1.28. The Morgan fingerprint density at radius 3 is 2.17 bits per heavy atom. The molecule has 5 saturated carbocycles. The summed E-state index contributed by atoms with van der Waals surface area (Å²) in [5.41, 5.74) is 1.96. The van der Waals surface area contributed by atoms with Crippen molar-refractivity contribution in [2.24, 2.45) is 51.2 Å². The van der Waals surface area contributed by atoms with Gasteiger partial charge in [-0.25, -0.2) is 0 Å². The third-order valence-electron chi connectivity index (χ3n) is 14.6. The van der Waals surface area contributed by atoms with Crippen molar-refractivity contribution >= 4 is 11.8 Å². The molecule has 3 N–H and O–H groups in total. The van der Waals surface area contributed by atoms with E-state index >= 15 is 0 Å². The fourth-order valence-corrected chi connectivity index (χ4v) is 12.1. The highest BCUT2D eigenvalue weighted by Gasteiger charge is 2.70. The first-order chi connectivity index (χ1) is 19.9. The molecule has 1 unspecified atom stereocenters. The molecule has 2 amide bonds. The lowest BCUT2D eigenvalue weighted by Crippen LogP contribution is -2.65. The summed E-state index contributed by atoms with van der Waals surface area (Å²) in [7, 11) is 0. The van der Waals surface area contributed by atoms with Gasteiger partial charge in [0.25, 0.3) is 0 Å². The standard InChI is InChI=1S/C37H62N2O3/c1-25(2)29-16-19-37(33(42)39-23-11-9-7-8-10-22-38-26(3)40)21-20-35(5)30(32(29)37)12-13-31-34(4)17-15-28(41)24-27(34)14-18-36(31,35)6/h27-32,41H,1,7-24H2,2-6H3,(H,38,40)(H,39,42)/t27-,28-,29-,30+,31+,32?,34-,35+,36+,37-/m0/s1. The summed E-state index contributed by atoms with van der Waals surface area (Å²) >= 11 is 0. The van der Waals surface area contributed by atoms with Crippen molar-refractivity contribution in [1.82, 2.24) is 10.6 Å². The molecule has 5 fully saturated rings. The molecule has 0 aromatic heterocycles. The normalized spacial score (nSPS) is 44.2. The summed E-state index contributed by atoms with van der Waals surface area (Å²) in [5, 5.41) is 16.9. The minimum Gasteiger partial charge on any atom is -0.393 e. The van der Waals surface area contributed by atoms with E-state index < -0.39 is 0 Å². The van der Waals surface area contributed by atoms with Crippen LogP contribution in [0.5, 0.6) is 0 Å². The third kappa shape index (κ3) is 5.30. The van der Waals surface area contributed by atoms with E-state index in [2.05, 4.69) is 44.9 Å². The summed E-state index contributed by atoms with van der Waals surface area (Å²) < 4.78 is 0. The van der Waals surface area contributed by atoms with Gasteiger partial charge in [0.1, 0.15) is 0 Å². The smallest absolute Gasteiger partial charge is 0.226 e. The van der Waals surface area contributed by atoms with Crippen LogP contribution in [0.15, 0.2) is 12.2 Å². The molecule has 0 saturated heterocycles. The summed E-state index contributed by atoms with van der Waals surface area (Å²) in [6, 6.07) is 0. The maximum atomic E-state index is 14.2. The maximum Gasteiger partial charge on any atom is 0.226 e. The Morgan fingerprint density at radius 1 is 0.786 bits per heavy atom. The third-order valence-corrected chi connectivity index (χ3v) is 14.6. The van der Waals surface area contributed by atoms with E-state index in [4.69, 9.17) is 0 Å². The quantitative estimate of drug-likeness (QED) is 0.184. The van der Waals surface area contributed by atoms with Gasteiger partial charge in [-0.2, -0.15) is 0 Å². The maximum absolute atomic E-state index is 14.2. The molecule has 0 bridgehead atoms. The zero-order chi connectivity index (χ0) is 30.3. The van der Waals surface area contributed by atoms with Gasteiger partial charge in [-0.3, -0.25) is 9.59 Å². The Labute approximate surface area is 256 Å². The van der Waals surface area contributed by atoms with E-state index in [9.17, 15) is 14.7 Å². The number of carbonyl (C=O) groups is 2. The van der Waals surface area contributed by atoms with Gasteiger partial charge >= 0.3 is 0 Å². The topological polar surface area (TPSA) is 78.4 Å². The van der Waals surface area contributed by atoms with Gasteiger partial charge in [0.15, 0.2) is 0 Å². The van der Waals surface area contributed by atoms with Gasteiger partial charge in [-0.1, -0.05) is 52.2 Å². The first-order valence-electron chi connectivity index (χ1n) is 17.8. The van der Waals surface area contributed by atoms with Crippen LogP contribution in [0.4, 0.5) is 0 Å². The van der Waals surface area contributed by atoms with E-state index in [1.54, 1.807) is 6.92 Å². The molecule has 5 aliphatic rings. The fraction of sp³-hybridized carbons (Fsp3) is 0.892. The van der Waals surface area contributed by atoms with Crippen LogP contribution < -0.4 is 10.6 Å². The molecular weight excluding hydrogens is 520 g/mol. The second-order valence-corrected chi connectivity index (χ2v) is 16.4. The number of hydrogen-bond acceptors (Lipinski definition) is 3. The molecule has 0 aliphatic heterocycles. The van der Waals surface area contributed by atoms with Crippen molar-refractivity contribution in [3.63, 3.8) is 0 Å². The summed E-state index contributed by atoms with van der Waals surface area (Å²) in [4.78, 5) is 25.2. The van der Waals surface area contributed by atoms with E-state index in [-0.39, 0.29) is 22.8 Å². The van der Waals surface area contributed by atoms with Crippen molar-refractivity contribution < 1.29 is 14.7 Å². The van der Waals surface area contributed by atoms with Crippen LogP contribution in [-0.4, -0.2) is 36.1 Å². The number of rotatable bonds is 10. The van der Waals surface area contributed by atoms with Gasteiger partial charge in [-0.15, -0.1) is 0 Å². The first kappa shape index (κ1) is 32.0. The van der Waals surface area contributed by atoms with Gasteiger partial charge in [0.05, 0.1) is 11.5 Å². The van der Waals surface area contributed by atoms with Crippen LogP contribution >= 0.6 is 0 Å². The highest BCUT2D eigenvalue weighted by atomic mass is 16.3. The van der Waals surface area contributed by atoms with E-state index in [1.807, 2.05) is 0 Å². The lowest BCUT2D eigenvalue weighted by molar-refractivity contribution is -0.227. The molecule has 0 heterocycles. The fourth-order valence-electron chi connectivity index (χ4n) is 12.1. The largest absolute Gasteiger partial charge is 0.393 e. The predicted molar refractivity (Wildman–Crippen MR) is 171 cm³/mol. The Bertz CT molecular complexity index is 1030. The van der Waals surface area contributed by atoms with Crippen molar-refractivity contribution in [2.45, 2.75) is 143 Å². The predicted octanol–water partition coefficient (Wildman–Crippen LogP) is 7.57. The van der Waals surface area contributed by atoms with Crippen molar-refractivity contribution in [2.75, 3.05) is 13.1 Å². The van der Waals surface area contributed by atoms with Gasteiger partial charge in [-0.05, 0) is 136 Å². The zero-order valence-electron chi connectivity index (χ0n) is 27.7. The minimum atomic E-state index is -0.231. The van der Waals surface area contributed by atoms with Crippen LogP contribution in [0.1, 0.15) is 137 Å². The molecule has 42 heavy (non-hydrogen) atoms. The Kier molecular flexibility index (Phi) is 9.31. The Hall–Kier alpha value is -1.36. The van der Waals surface area contributed by atoms with E-state index in [0.29, 0.717) is 40.4 Å². The number of fused-ring (bicyclic) bond motifs is 7. The van der Waals surface area contributed by atoms with Gasteiger partial charge in [0.2, 0.25) is 11.8 Å². The average Bonchev–Trinajstić information content (AvgIpc) is 3.34. The highest BCUT2D eigenvalue weighted by molar-refractivity contribution is 5.83. The molecule has 5 aliphatic carbocycles. The second kappa shape index (κ2) is 12.2. The monoisotopic (exact) mass is 582 g/mol. The molecule has 10 atom stereocenters. The highest BCUT2D eigenvalue weighted by Crippen LogP contribution is 2.76. The van der Waals surface area contributed by atoms with E-state index in [0.717, 1.165) is 83.2 Å². The molecule has 0 radical (unpaired) electrons. The number of carbonyl (C=O) groups excluding carboxylic acids is 2. The lowest BCUT2D eigenvalue weighted by atomic mass is 9.33. The van der Waals surface area contributed by atoms with Gasteiger partial charge < -0.3 is 15.7 Å². The van der Waals surface area contributed by atoms with Crippen LogP contribution in [-0.2, 0) is 9.59 Å². The second-order valence-electron chi connectivity index (χ2n) is 16.4. The minimum absolute atomic E-state index is 0.0491. The van der Waals surface area contributed by atoms with Crippen LogP contribution in [0.2, 0.25) is 0 Å². The van der Waals surface area contributed by atoms with Crippen molar-refractivity contribution in [3.05, 3.63) is 12.2 Å². The van der Waals surface area contributed by atoms with Crippen molar-refractivity contribution in [3.8, 4) is 0 Å². The molecule has 5 nitrogen and oxygen atoms in total. The number of amides is 2. The molecular formula is C37H62N2O3.